The Labute approximate surface area is 50.6 Å². The Morgan fingerprint density at radius 3 is 2.25 bits per heavy atom. The molecular formula is C6H14N2. The summed E-state index contributed by atoms with van der Waals surface area (Å²) in [6.45, 7) is 4.76. The summed E-state index contributed by atoms with van der Waals surface area (Å²) in [5.41, 5.74) is 5.52. The minimum atomic E-state index is 0.127. The zero-order chi connectivity index (χ0) is 6.62. The van der Waals surface area contributed by atoms with Gasteiger partial charge in [-0.2, -0.15) is 0 Å². The first-order chi connectivity index (χ1) is 3.62. The maximum atomic E-state index is 6.78. The number of nitrogens with two attached hydrogens (primary N) is 1. The van der Waals surface area contributed by atoms with Gasteiger partial charge in [0.25, 0.3) is 0 Å². The van der Waals surface area contributed by atoms with Gasteiger partial charge in [0, 0.05) is 0 Å². The van der Waals surface area contributed by atoms with E-state index < -0.39 is 0 Å². The first kappa shape index (κ1) is 7.63. The van der Waals surface area contributed by atoms with Crippen molar-refractivity contribution in [2.45, 2.75) is 20.3 Å². The highest BCUT2D eigenvalue weighted by Crippen LogP contribution is 2.15. The van der Waals surface area contributed by atoms with Crippen molar-refractivity contribution < 1.29 is 0 Å². The lowest BCUT2D eigenvalue weighted by Crippen LogP contribution is -2.23. The third kappa shape index (κ3) is 2.75. The van der Waals surface area contributed by atoms with Crippen molar-refractivity contribution in [3.8, 4) is 0 Å². The number of hydrogen-bond acceptors (Lipinski definition) is 2. The highest BCUT2D eigenvalue weighted by Gasteiger charge is 2.12. The second kappa shape index (κ2) is 2.82. The van der Waals surface area contributed by atoms with E-state index in [1.54, 1.807) is 0 Å². The van der Waals surface area contributed by atoms with Gasteiger partial charge in [0.1, 0.15) is 0 Å². The summed E-state index contributed by atoms with van der Waals surface area (Å²) in [5, 5.41) is 6.78. The molecule has 2 heteroatoms. The molecule has 0 aromatic heterocycles. The Hall–Kier alpha value is -0.370. The molecule has 0 spiro atoms. The van der Waals surface area contributed by atoms with E-state index in [9.17, 15) is 0 Å². The second-order valence-corrected chi connectivity index (χ2v) is 2.78. The van der Waals surface area contributed by atoms with Gasteiger partial charge in [0.15, 0.2) is 0 Å². The number of rotatable bonds is 3. The number of nitrogens with one attached hydrogen (secondary N) is 1. The van der Waals surface area contributed by atoms with Gasteiger partial charge in [0.2, 0.25) is 0 Å². The third-order valence-corrected chi connectivity index (χ3v) is 1.21. The number of hydrogen-bond donors (Lipinski definition) is 2. The summed E-state index contributed by atoms with van der Waals surface area (Å²) >= 11 is 0. The predicted octanol–water partition coefficient (Wildman–Crippen LogP) is 1.01. The molecule has 0 aromatic carbocycles. The zero-order valence-electron chi connectivity index (χ0n) is 5.57. The minimum Gasteiger partial charge on any atom is -0.330 e. The molecule has 0 aliphatic heterocycles. The minimum absolute atomic E-state index is 0.127. The molecule has 2 nitrogen and oxygen atoms in total. The Morgan fingerprint density at radius 1 is 1.62 bits per heavy atom. The summed E-state index contributed by atoms with van der Waals surface area (Å²) in [6.07, 6.45) is 2.19. The lowest BCUT2D eigenvalue weighted by molar-refractivity contribution is 0.399. The molecule has 0 unspecified atom stereocenters. The van der Waals surface area contributed by atoms with Crippen molar-refractivity contribution in [1.82, 2.24) is 0 Å². The van der Waals surface area contributed by atoms with Crippen LogP contribution in [0, 0.1) is 10.8 Å². The van der Waals surface area contributed by atoms with Crippen molar-refractivity contribution in [2.24, 2.45) is 11.1 Å². The molecule has 48 valence electrons. The molecule has 0 rings (SSSR count). The monoisotopic (exact) mass is 114 g/mol. The van der Waals surface area contributed by atoms with E-state index in [2.05, 4.69) is 13.8 Å². The van der Waals surface area contributed by atoms with Gasteiger partial charge < -0.3 is 11.1 Å². The molecule has 0 radical (unpaired) electrons. The Bertz CT molecular complexity index is 76.6. The molecule has 0 saturated heterocycles. The highest BCUT2D eigenvalue weighted by atomic mass is 14.6. The van der Waals surface area contributed by atoms with Crippen LogP contribution in [0.5, 0.6) is 0 Å². The van der Waals surface area contributed by atoms with Crippen LogP contribution in [0.15, 0.2) is 0 Å². The van der Waals surface area contributed by atoms with Crippen molar-refractivity contribution >= 4 is 6.21 Å². The smallest absolute Gasteiger partial charge is 0.00223 e. The second-order valence-electron chi connectivity index (χ2n) is 2.78. The SMILES string of the molecule is CC(C)(CN)CC=N. The molecule has 0 bridgehead atoms. The van der Waals surface area contributed by atoms with E-state index in [1.807, 2.05) is 0 Å². The molecule has 0 aliphatic carbocycles. The molecule has 0 aliphatic rings. The molecule has 0 amide bonds. The molecule has 0 heterocycles. The van der Waals surface area contributed by atoms with Crippen LogP contribution in [-0.2, 0) is 0 Å². The zero-order valence-corrected chi connectivity index (χ0v) is 5.57. The Balaban J connectivity index is 3.53. The Morgan fingerprint density at radius 2 is 2.12 bits per heavy atom. The van der Waals surface area contributed by atoms with Crippen molar-refractivity contribution in [1.29, 1.82) is 5.41 Å². The highest BCUT2D eigenvalue weighted by molar-refractivity contribution is 5.53. The third-order valence-electron chi connectivity index (χ3n) is 1.21. The van der Waals surface area contributed by atoms with Gasteiger partial charge in [0.05, 0.1) is 0 Å². The Kier molecular flexibility index (Phi) is 2.69. The van der Waals surface area contributed by atoms with Crippen LogP contribution in [0.4, 0.5) is 0 Å². The molecule has 8 heavy (non-hydrogen) atoms. The van der Waals surface area contributed by atoms with E-state index in [4.69, 9.17) is 11.1 Å². The van der Waals surface area contributed by atoms with Crippen LogP contribution < -0.4 is 5.73 Å². The summed E-state index contributed by atoms with van der Waals surface area (Å²) in [4.78, 5) is 0. The molecule has 0 fully saturated rings. The topological polar surface area (TPSA) is 49.9 Å². The van der Waals surface area contributed by atoms with Gasteiger partial charge in [-0.15, -0.1) is 0 Å². The van der Waals surface area contributed by atoms with Gasteiger partial charge in [-0.05, 0) is 24.6 Å². The molecule has 0 atom stereocenters. The van der Waals surface area contributed by atoms with Crippen molar-refractivity contribution in [3.63, 3.8) is 0 Å². The summed E-state index contributed by atoms with van der Waals surface area (Å²) in [6, 6.07) is 0. The standard InChI is InChI=1S/C6H14N2/c1-6(2,5-8)3-4-7/h4,7H,3,5,8H2,1-2H3. The quantitative estimate of drug-likeness (QED) is 0.528. The van der Waals surface area contributed by atoms with Crippen LogP contribution in [0.25, 0.3) is 0 Å². The summed E-state index contributed by atoms with van der Waals surface area (Å²) < 4.78 is 0. The lowest BCUT2D eigenvalue weighted by atomic mass is 9.90. The molecule has 3 N–H and O–H groups in total. The largest absolute Gasteiger partial charge is 0.330 e. The predicted molar refractivity (Wildman–Crippen MR) is 36.2 cm³/mol. The van der Waals surface area contributed by atoms with Crippen molar-refractivity contribution in [2.75, 3.05) is 6.54 Å². The van der Waals surface area contributed by atoms with Gasteiger partial charge in [-0.25, -0.2) is 0 Å². The van der Waals surface area contributed by atoms with Gasteiger partial charge >= 0.3 is 0 Å². The van der Waals surface area contributed by atoms with Crippen LogP contribution in [0.2, 0.25) is 0 Å². The average Bonchev–Trinajstić information content (AvgIpc) is 1.67. The van der Waals surface area contributed by atoms with Crippen molar-refractivity contribution in [3.05, 3.63) is 0 Å². The summed E-state index contributed by atoms with van der Waals surface area (Å²) in [5.74, 6) is 0. The normalized spacial score (nSPS) is 11.4. The van der Waals surface area contributed by atoms with Crippen LogP contribution in [0.3, 0.4) is 0 Å². The van der Waals surface area contributed by atoms with Gasteiger partial charge in [-0.3, -0.25) is 0 Å². The van der Waals surface area contributed by atoms with E-state index in [0.29, 0.717) is 6.54 Å². The van der Waals surface area contributed by atoms with E-state index in [1.165, 1.54) is 6.21 Å². The fraction of sp³-hybridized carbons (Fsp3) is 0.833. The lowest BCUT2D eigenvalue weighted by Gasteiger charge is -2.18. The molecule has 0 aromatic rings. The average molecular weight is 114 g/mol. The van der Waals surface area contributed by atoms with Crippen LogP contribution >= 0.6 is 0 Å². The van der Waals surface area contributed by atoms with E-state index in [0.717, 1.165) is 6.42 Å². The summed E-state index contributed by atoms with van der Waals surface area (Å²) in [7, 11) is 0. The van der Waals surface area contributed by atoms with E-state index in [-0.39, 0.29) is 5.41 Å². The molecule has 0 saturated carbocycles. The van der Waals surface area contributed by atoms with E-state index >= 15 is 0 Å². The maximum Gasteiger partial charge on any atom is -0.00223 e. The maximum absolute atomic E-state index is 6.78. The fourth-order valence-corrected chi connectivity index (χ4v) is 0.360. The van der Waals surface area contributed by atoms with Crippen LogP contribution in [0.1, 0.15) is 20.3 Å². The fourth-order valence-electron chi connectivity index (χ4n) is 0.360. The van der Waals surface area contributed by atoms with Crippen LogP contribution in [-0.4, -0.2) is 12.8 Å². The first-order valence-electron chi connectivity index (χ1n) is 2.81. The van der Waals surface area contributed by atoms with Gasteiger partial charge in [-0.1, -0.05) is 13.8 Å². The first-order valence-corrected chi connectivity index (χ1v) is 2.81. The molecular weight excluding hydrogens is 100 g/mol.